The molecule has 0 aliphatic rings. The quantitative estimate of drug-likeness (QED) is 0.481. The first-order valence-electron chi connectivity index (χ1n) is 4.13. The van der Waals surface area contributed by atoms with Crippen LogP contribution in [0.15, 0.2) is 12.1 Å². The second-order valence-corrected chi connectivity index (χ2v) is 2.92. The van der Waals surface area contributed by atoms with Crippen molar-refractivity contribution >= 4 is 11.4 Å². The Morgan fingerprint density at radius 2 is 2.00 bits per heavy atom. The van der Waals surface area contributed by atoms with Crippen molar-refractivity contribution in [1.82, 2.24) is 0 Å². The molecule has 0 heterocycles. The SMILES string of the molecule is CCc1c(N)ccc(N(O)O)c1C. The molecule has 0 spiro atoms. The second-order valence-electron chi connectivity index (χ2n) is 2.92. The summed E-state index contributed by atoms with van der Waals surface area (Å²) in [4.78, 5) is 0. The van der Waals surface area contributed by atoms with Gasteiger partial charge < -0.3 is 5.73 Å². The van der Waals surface area contributed by atoms with Crippen molar-refractivity contribution < 1.29 is 10.4 Å². The molecule has 0 atom stereocenters. The van der Waals surface area contributed by atoms with Gasteiger partial charge in [0.2, 0.25) is 0 Å². The fourth-order valence-electron chi connectivity index (χ4n) is 1.45. The molecule has 4 nitrogen and oxygen atoms in total. The van der Waals surface area contributed by atoms with E-state index < -0.39 is 0 Å². The van der Waals surface area contributed by atoms with E-state index in [1.54, 1.807) is 12.1 Å². The van der Waals surface area contributed by atoms with E-state index in [0.29, 0.717) is 11.4 Å². The van der Waals surface area contributed by atoms with Crippen molar-refractivity contribution in [2.45, 2.75) is 20.3 Å². The summed E-state index contributed by atoms with van der Waals surface area (Å²) in [5.74, 6) is 0. The molecule has 0 unspecified atom stereocenters. The van der Waals surface area contributed by atoms with Crippen LogP contribution in [0.5, 0.6) is 0 Å². The van der Waals surface area contributed by atoms with Gasteiger partial charge in [-0.1, -0.05) is 6.92 Å². The van der Waals surface area contributed by atoms with Crippen molar-refractivity contribution in [2.75, 3.05) is 11.0 Å². The van der Waals surface area contributed by atoms with Crippen LogP contribution in [0.2, 0.25) is 0 Å². The van der Waals surface area contributed by atoms with Crippen LogP contribution in [0.3, 0.4) is 0 Å². The van der Waals surface area contributed by atoms with E-state index in [0.717, 1.165) is 17.5 Å². The predicted molar refractivity (Wildman–Crippen MR) is 51.0 cm³/mol. The van der Waals surface area contributed by atoms with E-state index >= 15 is 0 Å². The Balaban J connectivity index is 3.27. The number of nitrogens with zero attached hydrogens (tertiary/aromatic N) is 1. The molecular formula is C9H14N2O2. The van der Waals surface area contributed by atoms with Crippen LogP contribution < -0.4 is 11.0 Å². The first kappa shape index (κ1) is 9.83. The summed E-state index contributed by atoms with van der Waals surface area (Å²) in [5, 5.41) is 17.8. The van der Waals surface area contributed by atoms with Gasteiger partial charge in [0.15, 0.2) is 0 Å². The zero-order valence-electron chi connectivity index (χ0n) is 7.78. The van der Waals surface area contributed by atoms with E-state index in [-0.39, 0.29) is 5.23 Å². The number of anilines is 2. The molecule has 0 amide bonds. The van der Waals surface area contributed by atoms with Gasteiger partial charge in [-0.3, -0.25) is 10.4 Å². The Morgan fingerprint density at radius 1 is 1.38 bits per heavy atom. The van der Waals surface area contributed by atoms with Crippen LogP contribution in [-0.4, -0.2) is 10.4 Å². The largest absolute Gasteiger partial charge is 0.398 e. The zero-order valence-corrected chi connectivity index (χ0v) is 7.78. The molecule has 4 heteroatoms. The van der Waals surface area contributed by atoms with E-state index in [1.165, 1.54) is 0 Å². The molecule has 4 N–H and O–H groups in total. The Kier molecular flexibility index (Phi) is 2.75. The van der Waals surface area contributed by atoms with Crippen molar-refractivity contribution in [3.63, 3.8) is 0 Å². The van der Waals surface area contributed by atoms with Crippen LogP contribution in [0.4, 0.5) is 11.4 Å². The predicted octanol–water partition coefficient (Wildman–Crippen LogP) is 1.72. The normalized spacial score (nSPS) is 10.2. The van der Waals surface area contributed by atoms with Gasteiger partial charge in [-0.05, 0) is 36.6 Å². The van der Waals surface area contributed by atoms with Gasteiger partial charge in [0.05, 0.1) is 5.69 Å². The number of nitrogen functional groups attached to an aromatic ring is 1. The van der Waals surface area contributed by atoms with Crippen molar-refractivity contribution in [2.24, 2.45) is 0 Å². The average Bonchev–Trinajstić information content (AvgIpc) is 2.04. The Bertz CT molecular complexity index is 311. The van der Waals surface area contributed by atoms with E-state index in [9.17, 15) is 0 Å². The molecule has 0 saturated carbocycles. The Hall–Kier alpha value is -1.26. The Labute approximate surface area is 77.1 Å². The first-order valence-corrected chi connectivity index (χ1v) is 4.13. The minimum absolute atomic E-state index is 0.119. The summed E-state index contributed by atoms with van der Waals surface area (Å²) in [6.07, 6.45) is 0.777. The van der Waals surface area contributed by atoms with Crippen LogP contribution in [0, 0.1) is 6.92 Å². The van der Waals surface area contributed by atoms with Crippen molar-refractivity contribution in [3.05, 3.63) is 23.3 Å². The molecule has 0 bridgehead atoms. The summed E-state index contributed by atoms with van der Waals surface area (Å²) >= 11 is 0. The Morgan fingerprint density at radius 3 is 2.46 bits per heavy atom. The van der Waals surface area contributed by atoms with Crippen molar-refractivity contribution in [1.29, 1.82) is 0 Å². The van der Waals surface area contributed by atoms with Gasteiger partial charge >= 0.3 is 0 Å². The van der Waals surface area contributed by atoms with Crippen LogP contribution in [0.1, 0.15) is 18.1 Å². The maximum Gasteiger partial charge on any atom is 0.0976 e. The molecule has 0 aliphatic heterocycles. The van der Waals surface area contributed by atoms with E-state index in [4.69, 9.17) is 16.1 Å². The monoisotopic (exact) mass is 182 g/mol. The third-order valence-electron chi connectivity index (χ3n) is 2.18. The van der Waals surface area contributed by atoms with Crippen LogP contribution in [0.25, 0.3) is 0 Å². The lowest BCUT2D eigenvalue weighted by Gasteiger charge is -2.15. The molecule has 0 aliphatic carbocycles. The number of benzene rings is 1. The highest BCUT2D eigenvalue weighted by atomic mass is 16.8. The lowest BCUT2D eigenvalue weighted by Crippen LogP contribution is -2.13. The van der Waals surface area contributed by atoms with Gasteiger partial charge in [-0.2, -0.15) is 0 Å². The molecule has 72 valence electrons. The maximum atomic E-state index is 8.86. The maximum absolute atomic E-state index is 8.86. The molecule has 1 aromatic rings. The fourth-order valence-corrected chi connectivity index (χ4v) is 1.45. The smallest absolute Gasteiger partial charge is 0.0976 e. The second kappa shape index (κ2) is 3.64. The van der Waals surface area contributed by atoms with E-state index in [1.807, 2.05) is 13.8 Å². The van der Waals surface area contributed by atoms with Gasteiger partial charge in [0.25, 0.3) is 0 Å². The number of hydrogen-bond donors (Lipinski definition) is 3. The standard InChI is InChI=1S/C9H14N2O2/c1-3-7-6(2)9(11(12)13)5-4-8(7)10/h4-5,12-13H,3,10H2,1-2H3. The molecule has 0 saturated heterocycles. The number of rotatable bonds is 2. The average molecular weight is 182 g/mol. The molecule has 0 fully saturated rings. The zero-order chi connectivity index (χ0) is 10.0. The highest BCUT2D eigenvalue weighted by molar-refractivity contribution is 5.62. The molecular weight excluding hydrogens is 168 g/mol. The van der Waals surface area contributed by atoms with Gasteiger partial charge in [0.1, 0.15) is 0 Å². The minimum atomic E-state index is 0.119. The lowest BCUT2D eigenvalue weighted by molar-refractivity contribution is 0.0288. The third-order valence-corrected chi connectivity index (χ3v) is 2.18. The van der Waals surface area contributed by atoms with Crippen molar-refractivity contribution in [3.8, 4) is 0 Å². The molecule has 13 heavy (non-hydrogen) atoms. The summed E-state index contributed by atoms with van der Waals surface area (Å²) in [6, 6.07) is 3.24. The highest BCUT2D eigenvalue weighted by Gasteiger charge is 2.09. The lowest BCUT2D eigenvalue weighted by atomic mass is 10.0. The number of nitrogens with two attached hydrogens (primary N) is 1. The highest BCUT2D eigenvalue weighted by Crippen LogP contribution is 2.26. The van der Waals surface area contributed by atoms with Crippen LogP contribution in [-0.2, 0) is 6.42 Å². The molecule has 0 aromatic heterocycles. The third kappa shape index (κ3) is 1.74. The summed E-state index contributed by atoms with van der Waals surface area (Å²) < 4.78 is 0. The fraction of sp³-hybridized carbons (Fsp3) is 0.333. The summed E-state index contributed by atoms with van der Waals surface area (Å²) in [6.45, 7) is 3.78. The molecule has 1 rings (SSSR count). The first-order chi connectivity index (χ1) is 6.07. The van der Waals surface area contributed by atoms with Gasteiger partial charge in [-0.15, -0.1) is 5.23 Å². The summed E-state index contributed by atoms with van der Waals surface area (Å²) in [7, 11) is 0. The van der Waals surface area contributed by atoms with Gasteiger partial charge in [-0.25, -0.2) is 0 Å². The summed E-state index contributed by atoms with van der Waals surface area (Å²) in [5.41, 5.74) is 8.52. The van der Waals surface area contributed by atoms with Crippen LogP contribution >= 0.6 is 0 Å². The van der Waals surface area contributed by atoms with Gasteiger partial charge in [0, 0.05) is 5.69 Å². The topological polar surface area (TPSA) is 69.7 Å². The molecule has 1 aromatic carbocycles. The van der Waals surface area contributed by atoms with E-state index in [2.05, 4.69) is 0 Å². The number of hydrogen-bond acceptors (Lipinski definition) is 4. The molecule has 0 radical (unpaired) electrons. The minimum Gasteiger partial charge on any atom is -0.398 e.